The lowest BCUT2D eigenvalue weighted by atomic mass is 10.0. The van der Waals surface area contributed by atoms with Crippen LogP contribution in [-0.2, 0) is 13.2 Å². The van der Waals surface area contributed by atoms with E-state index in [4.69, 9.17) is 16.3 Å². The topological polar surface area (TPSA) is 80.5 Å². The molecule has 1 aromatic heterocycles. The van der Waals surface area contributed by atoms with Crippen molar-refractivity contribution >= 4 is 34.7 Å². The lowest BCUT2D eigenvalue weighted by Gasteiger charge is -2.19. The van der Waals surface area contributed by atoms with Crippen molar-refractivity contribution in [2.45, 2.75) is 19.5 Å². The molecule has 2 amide bonds. The van der Waals surface area contributed by atoms with Crippen LogP contribution in [0.2, 0.25) is 5.02 Å². The van der Waals surface area contributed by atoms with Crippen LogP contribution in [0.1, 0.15) is 24.5 Å². The van der Waals surface area contributed by atoms with Gasteiger partial charge in [-0.1, -0.05) is 11.6 Å². The molecule has 2 heterocycles. The second-order valence-electron chi connectivity index (χ2n) is 7.83. The van der Waals surface area contributed by atoms with Crippen LogP contribution >= 0.6 is 11.6 Å². The summed E-state index contributed by atoms with van der Waals surface area (Å²) in [4.78, 5) is 16.8. The van der Waals surface area contributed by atoms with Crippen molar-refractivity contribution in [2.24, 2.45) is 12.0 Å². The Morgan fingerprint density at radius 3 is 2.46 bits per heavy atom. The Bertz CT molecular complexity index is 1310. The number of ether oxygens (including phenoxy) is 1. The molecule has 7 nitrogen and oxygen atoms in total. The fraction of sp³-hybridized carbons (Fsp3) is 0.208. The number of halogens is 4. The fourth-order valence-electron chi connectivity index (χ4n) is 3.55. The number of nitrogens with zero attached hydrogens (tertiary/aromatic N) is 3. The molecule has 0 saturated heterocycles. The normalized spacial score (nSPS) is 13.9. The van der Waals surface area contributed by atoms with E-state index in [0.29, 0.717) is 24.4 Å². The number of rotatable bonds is 5. The van der Waals surface area contributed by atoms with Crippen LogP contribution in [0.3, 0.4) is 0 Å². The van der Waals surface area contributed by atoms with E-state index >= 15 is 0 Å². The summed E-state index contributed by atoms with van der Waals surface area (Å²) in [5, 5.41) is 8.69. The van der Waals surface area contributed by atoms with Crippen LogP contribution in [0.4, 0.5) is 29.3 Å². The van der Waals surface area contributed by atoms with E-state index < -0.39 is 22.8 Å². The molecule has 0 radical (unpaired) electrons. The lowest BCUT2D eigenvalue weighted by molar-refractivity contribution is -0.137. The summed E-state index contributed by atoms with van der Waals surface area (Å²) >= 11 is 5.61. The van der Waals surface area contributed by atoms with Crippen molar-refractivity contribution in [3.63, 3.8) is 0 Å². The Kier molecular flexibility index (Phi) is 6.83. The van der Waals surface area contributed by atoms with Gasteiger partial charge in [-0.25, -0.2) is 4.79 Å². The maximum atomic E-state index is 13.0. The van der Waals surface area contributed by atoms with Crippen molar-refractivity contribution in [1.29, 1.82) is 0 Å². The number of allylic oxidation sites excluding steroid dienone is 1. The first-order valence-electron chi connectivity index (χ1n) is 10.6. The Labute approximate surface area is 204 Å². The number of amides is 2. The third-order valence-corrected chi connectivity index (χ3v) is 5.57. The molecule has 0 saturated carbocycles. The molecule has 0 fully saturated rings. The molecule has 2 N–H and O–H groups in total. The summed E-state index contributed by atoms with van der Waals surface area (Å²) in [7, 11) is 1.84. The second kappa shape index (κ2) is 9.83. The number of alkyl halides is 3. The van der Waals surface area contributed by atoms with E-state index in [1.165, 1.54) is 6.07 Å². The molecular formula is C24H21ClF3N5O2. The quantitative estimate of drug-likeness (QED) is 0.430. The number of carbonyl (C=O) groups excluding carboxylic acids is 1. The van der Waals surface area contributed by atoms with Crippen molar-refractivity contribution < 1.29 is 22.7 Å². The van der Waals surface area contributed by atoms with Gasteiger partial charge in [-0.05, 0) is 49.4 Å². The van der Waals surface area contributed by atoms with E-state index in [2.05, 4.69) is 20.7 Å². The molecule has 2 aromatic carbocycles. The summed E-state index contributed by atoms with van der Waals surface area (Å²) < 4.78 is 46.8. The number of aliphatic imine (C=N–C) groups is 1. The summed E-state index contributed by atoms with van der Waals surface area (Å²) in [6, 6.07) is 9.10. The van der Waals surface area contributed by atoms with E-state index in [1.54, 1.807) is 35.1 Å². The molecule has 11 heteroatoms. The zero-order valence-electron chi connectivity index (χ0n) is 18.8. The maximum absolute atomic E-state index is 13.0. The van der Waals surface area contributed by atoms with Crippen LogP contribution in [0, 0.1) is 0 Å². The number of benzene rings is 2. The monoisotopic (exact) mass is 503 g/mol. The third kappa shape index (κ3) is 5.83. The van der Waals surface area contributed by atoms with Crippen LogP contribution in [0.25, 0.3) is 0 Å². The fourth-order valence-corrected chi connectivity index (χ4v) is 3.77. The first-order chi connectivity index (χ1) is 16.6. The van der Waals surface area contributed by atoms with Crippen molar-refractivity contribution in [1.82, 2.24) is 9.78 Å². The highest BCUT2D eigenvalue weighted by atomic mass is 35.5. The summed E-state index contributed by atoms with van der Waals surface area (Å²) in [5.41, 5.74) is 2.05. The minimum absolute atomic E-state index is 0.0371. The minimum Gasteiger partial charge on any atom is -0.461 e. The lowest BCUT2D eigenvalue weighted by Crippen LogP contribution is -2.20. The number of aryl methyl sites for hydroxylation is 1. The smallest absolute Gasteiger partial charge is 0.417 e. The predicted octanol–water partition coefficient (Wildman–Crippen LogP) is 6.28. The van der Waals surface area contributed by atoms with Gasteiger partial charge in [0.25, 0.3) is 0 Å². The molecule has 0 bridgehead atoms. The highest BCUT2D eigenvalue weighted by molar-refractivity contribution is 6.31. The molecule has 1 aliphatic rings. The van der Waals surface area contributed by atoms with E-state index in [1.807, 2.05) is 20.2 Å². The van der Waals surface area contributed by atoms with Gasteiger partial charge in [0.15, 0.2) is 0 Å². The standard InChI is InChI=1S/C24H21ClF3N5O2/c1-14-21(9-10-29-22(14)15-12-30-33(2)13-15)35-18-6-3-16(4-7-18)31-23(34)32-17-5-8-20(25)19(11-17)24(26,27)28/h3-8,11-13H,9-10H2,1-2H3,(H2,31,32,34). The highest BCUT2D eigenvalue weighted by Crippen LogP contribution is 2.36. The largest absolute Gasteiger partial charge is 0.461 e. The van der Waals surface area contributed by atoms with Crippen LogP contribution in [0.15, 0.2) is 71.2 Å². The Balaban J connectivity index is 1.40. The number of nitrogens with one attached hydrogen (secondary N) is 2. The summed E-state index contributed by atoms with van der Waals surface area (Å²) in [6.45, 7) is 2.54. The SMILES string of the molecule is CC1=C(Oc2ccc(NC(=O)Nc3ccc(Cl)c(C(F)(F)F)c3)cc2)CCN=C1c1cnn(C)c1. The van der Waals surface area contributed by atoms with Crippen molar-refractivity contribution in [2.75, 3.05) is 17.2 Å². The molecule has 0 atom stereocenters. The van der Waals surface area contributed by atoms with Crippen molar-refractivity contribution in [3.05, 3.63) is 82.3 Å². The molecule has 1 aliphatic heterocycles. The van der Waals surface area contributed by atoms with E-state index in [-0.39, 0.29) is 5.69 Å². The van der Waals surface area contributed by atoms with Crippen LogP contribution in [0.5, 0.6) is 5.75 Å². The van der Waals surface area contributed by atoms with Gasteiger partial charge < -0.3 is 15.4 Å². The number of carbonyl (C=O) groups is 1. The molecule has 3 aromatic rings. The molecular weight excluding hydrogens is 483 g/mol. The summed E-state index contributed by atoms with van der Waals surface area (Å²) in [6.07, 6.45) is -0.327. The molecule has 4 rings (SSSR count). The van der Waals surface area contributed by atoms with E-state index in [0.717, 1.165) is 34.7 Å². The average Bonchev–Trinajstić information content (AvgIpc) is 3.23. The minimum atomic E-state index is -4.63. The number of urea groups is 1. The van der Waals surface area contributed by atoms with Gasteiger partial charge in [-0.15, -0.1) is 0 Å². The molecule has 0 unspecified atom stereocenters. The highest BCUT2D eigenvalue weighted by Gasteiger charge is 2.33. The maximum Gasteiger partial charge on any atom is 0.417 e. The Morgan fingerprint density at radius 2 is 1.80 bits per heavy atom. The molecule has 0 spiro atoms. The number of dihydropyridines is 1. The average molecular weight is 504 g/mol. The van der Waals surface area contributed by atoms with Gasteiger partial charge in [-0.3, -0.25) is 9.67 Å². The number of hydrogen-bond donors (Lipinski definition) is 2. The van der Waals surface area contributed by atoms with Gasteiger partial charge in [0.1, 0.15) is 11.5 Å². The third-order valence-electron chi connectivity index (χ3n) is 5.24. The van der Waals surface area contributed by atoms with Gasteiger partial charge in [0.2, 0.25) is 0 Å². The molecule has 35 heavy (non-hydrogen) atoms. The van der Waals surface area contributed by atoms with Crippen LogP contribution in [-0.4, -0.2) is 28.1 Å². The van der Waals surface area contributed by atoms with Gasteiger partial charge in [0.05, 0.1) is 22.5 Å². The molecule has 0 aliphatic carbocycles. The van der Waals surface area contributed by atoms with Crippen LogP contribution < -0.4 is 15.4 Å². The first kappa shape index (κ1) is 24.3. The van der Waals surface area contributed by atoms with Gasteiger partial charge in [0, 0.05) is 48.7 Å². The van der Waals surface area contributed by atoms with E-state index in [9.17, 15) is 18.0 Å². The first-order valence-corrected chi connectivity index (χ1v) is 10.9. The zero-order chi connectivity index (χ0) is 25.2. The van der Waals surface area contributed by atoms with Gasteiger partial charge in [-0.2, -0.15) is 18.3 Å². The molecule has 182 valence electrons. The number of anilines is 2. The Hall–Kier alpha value is -3.79. The zero-order valence-corrected chi connectivity index (χ0v) is 19.5. The predicted molar refractivity (Wildman–Crippen MR) is 128 cm³/mol. The van der Waals surface area contributed by atoms with Crippen molar-refractivity contribution in [3.8, 4) is 5.75 Å². The van der Waals surface area contributed by atoms with Gasteiger partial charge >= 0.3 is 12.2 Å². The Morgan fingerprint density at radius 1 is 1.11 bits per heavy atom. The summed E-state index contributed by atoms with van der Waals surface area (Å²) in [5.74, 6) is 1.37. The number of aromatic nitrogens is 2. The number of hydrogen-bond acceptors (Lipinski definition) is 4. The second-order valence-corrected chi connectivity index (χ2v) is 8.24.